The summed E-state index contributed by atoms with van der Waals surface area (Å²) in [6, 6.07) is 13.8. The maximum Gasteiger partial charge on any atom is 0.338 e. The molecule has 0 unspecified atom stereocenters. The zero-order valence-corrected chi connectivity index (χ0v) is 17.4. The molecule has 0 radical (unpaired) electrons. The van der Waals surface area contributed by atoms with Gasteiger partial charge >= 0.3 is 5.97 Å². The van der Waals surface area contributed by atoms with Crippen molar-refractivity contribution in [2.45, 2.75) is 40.7 Å². The van der Waals surface area contributed by atoms with Crippen molar-refractivity contribution in [2.24, 2.45) is 5.92 Å². The lowest BCUT2D eigenvalue weighted by atomic mass is 9.93. The maximum absolute atomic E-state index is 12.0. The molecule has 2 aromatic rings. The van der Waals surface area contributed by atoms with Crippen LogP contribution in [0.25, 0.3) is 0 Å². The third-order valence-corrected chi connectivity index (χ3v) is 4.69. The summed E-state index contributed by atoms with van der Waals surface area (Å²) in [5.74, 6) is 0.0252. The third-order valence-electron chi connectivity index (χ3n) is 4.47. The van der Waals surface area contributed by atoms with Crippen LogP contribution < -0.4 is 10.6 Å². The number of thiocarbonyl (C=S) groups is 1. The molecule has 0 bridgehead atoms. The van der Waals surface area contributed by atoms with Crippen LogP contribution in [0.4, 0.5) is 5.69 Å². The normalized spacial score (nSPS) is 11.8. The van der Waals surface area contributed by atoms with Crippen molar-refractivity contribution in [3.8, 4) is 0 Å². The average Bonchev–Trinajstić information content (AvgIpc) is 2.62. The molecule has 27 heavy (non-hydrogen) atoms. The molecule has 0 saturated heterocycles. The molecule has 2 aromatic carbocycles. The predicted octanol–water partition coefficient (Wildman–Crippen LogP) is 5.16. The number of hydrogen-bond acceptors (Lipinski definition) is 3. The van der Waals surface area contributed by atoms with Crippen molar-refractivity contribution in [2.75, 3.05) is 11.9 Å². The van der Waals surface area contributed by atoms with Crippen LogP contribution in [-0.4, -0.2) is 17.7 Å². The number of benzene rings is 2. The van der Waals surface area contributed by atoms with Crippen LogP contribution >= 0.6 is 12.2 Å². The Hall–Kier alpha value is -2.40. The van der Waals surface area contributed by atoms with Crippen LogP contribution in [0.5, 0.6) is 0 Å². The molecule has 1 atom stereocenters. The van der Waals surface area contributed by atoms with Crippen molar-refractivity contribution in [1.82, 2.24) is 5.32 Å². The van der Waals surface area contributed by atoms with Gasteiger partial charge in [-0.15, -0.1) is 0 Å². The lowest BCUT2D eigenvalue weighted by Gasteiger charge is -2.26. The molecule has 2 N–H and O–H groups in total. The smallest absolute Gasteiger partial charge is 0.338 e. The molecule has 0 saturated carbocycles. The van der Waals surface area contributed by atoms with E-state index in [0.29, 0.717) is 23.2 Å². The van der Waals surface area contributed by atoms with Gasteiger partial charge < -0.3 is 15.4 Å². The Morgan fingerprint density at radius 1 is 1.11 bits per heavy atom. The molecule has 0 aliphatic heterocycles. The van der Waals surface area contributed by atoms with E-state index in [4.69, 9.17) is 17.0 Å². The summed E-state index contributed by atoms with van der Waals surface area (Å²) >= 11 is 5.56. The number of esters is 1. The van der Waals surface area contributed by atoms with Gasteiger partial charge in [0.15, 0.2) is 5.11 Å². The van der Waals surface area contributed by atoms with Gasteiger partial charge in [-0.2, -0.15) is 0 Å². The summed E-state index contributed by atoms with van der Waals surface area (Å²) < 4.78 is 5.08. The SMILES string of the molecule is CCOC(=O)c1ccc(C)c(NC(=S)N[C@H](c2ccccc2C)C(C)C)c1. The van der Waals surface area contributed by atoms with E-state index in [1.165, 1.54) is 11.1 Å². The van der Waals surface area contributed by atoms with Gasteiger partial charge in [0.1, 0.15) is 0 Å². The lowest BCUT2D eigenvalue weighted by Crippen LogP contribution is -2.35. The standard InChI is InChI=1S/C22H28N2O2S/c1-6-26-21(25)17-12-11-16(5)19(13-17)23-22(27)24-20(14(2)3)18-10-8-7-9-15(18)4/h7-14,20H,6H2,1-5H3,(H2,23,24,27)/t20-/m0/s1. The van der Waals surface area contributed by atoms with Gasteiger partial charge in [0.05, 0.1) is 18.2 Å². The number of ether oxygens (including phenoxy) is 1. The van der Waals surface area contributed by atoms with E-state index in [1.807, 2.05) is 25.1 Å². The monoisotopic (exact) mass is 384 g/mol. The number of aryl methyl sites for hydroxylation is 2. The van der Waals surface area contributed by atoms with Crippen LogP contribution in [0.3, 0.4) is 0 Å². The highest BCUT2D eigenvalue weighted by atomic mass is 32.1. The topological polar surface area (TPSA) is 50.4 Å². The van der Waals surface area contributed by atoms with Crippen LogP contribution in [0, 0.1) is 19.8 Å². The summed E-state index contributed by atoms with van der Waals surface area (Å²) in [6.45, 7) is 10.6. The summed E-state index contributed by atoms with van der Waals surface area (Å²) in [5.41, 5.74) is 4.77. The second-order valence-corrected chi connectivity index (χ2v) is 7.34. The fourth-order valence-electron chi connectivity index (χ4n) is 2.94. The Morgan fingerprint density at radius 3 is 2.44 bits per heavy atom. The maximum atomic E-state index is 12.0. The van der Waals surface area contributed by atoms with E-state index in [9.17, 15) is 4.79 Å². The Kier molecular flexibility index (Phi) is 7.36. The molecule has 0 spiro atoms. The van der Waals surface area contributed by atoms with Gasteiger partial charge in [0.2, 0.25) is 0 Å². The second-order valence-electron chi connectivity index (χ2n) is 6.93. The molecular weight excluding hydrogens is 356 g/mol. The van der Waals surface area contributed by atoms with Crippen LogP contribution in [-0.2, 0) is 4.74 Å². The molecule has 0 amide bonds. The molecule has 0 aliphatic carbocycles. The average molecular weight is 385 g/mol. The van der Waals surface area contributed by atoms with Crippen LogP contribution in [0.2, 0.25) is 0 Å². The van der Waals surface area contributed by atoms with E-state index >= 15 is 0 Å². The van der Waals surface area contributed by atoms with E-state index in [0.717, 1.165) is 11.3 Å². The first-order valence-corrected chi connectivity index (χ1v) is 9.65. The molecule has 0 heterocycles. The summed E-state index contributed by atoms with van der Waals surface area (Å²) in [4.78, 5) is 12.0. The number of nitrogens with one attached hydrogen (secondary N) is 2. The first-order chi connectivity index (χ1) is 12.8. The zero-order valence-electron chi connectivity index (χ0n) is 16.6. The second kappa shape index (κ2) is 9.51. The molecule has 144 valence electrons. The Balaban J connectivity index is 2.17. The van der Waals surface area contributed by atoms with Gasteiger partial charge in [-0.25, -0.2) is 4.79 Å². The van der Waals surface area contributed by atoms with Gasteiger partial charge in [0, 0.05) is 5.69 Å². The fraction of sp³-hybridized carbons (Fsp3) is 0.364. The van der Waals surface area contributed by atoms with Crippen LogP contribution in [0.1, 0.15) is 53.9 Å². The molecule has 4 nitrogen and oxygen atoms in total. The Bertz CT molecular complexity index is 818. The highest BCUT2D eigenvalue weighted by Crippen LogP contribution is 2.25. The van der Waals surface area contributed by atoms with Crippen LogP contribution in [0.15, 0.2) is 42.5 Å². The van der Waals surface area contributed by atoms with Crippen molar-refractivity contribution in [3.63, 3.8) is 0 Å². The summed E-state index contributed by atoms with van der Waals surface area (Å²) in [5, 5.41) is 7.19. The quantitative estimate of drug-likeness (QED) is 0.532. The minimum Gasteiger partial charge on any atom is -0.462 e. The highest BCUT2D eigenvalue weighted by molar-refractivity contribution is 7.80. The van der Waals surface area contributed by atoms with Gasteiger partial charge in [-0.05, 0) is 67.7 Å². The first kappa shape index (κ1) is 20.9. The van der Waals surface area contributed by atoms with E-state index in [2.05, 4.69) is 43.5 Å². The number of carbonyl (C=O) groups is 1. The summed E-state index contributed by atoms with van der Waals surface area (Å²) in [7, 11) is 0. The largest absolute Gasteiger partial charge is 0.462 e. The number of hydrogen-bond donors (Lipinski definition) is 2. The Morgan fingerprint density at radius 2 is 1.81 bits per heavy atom. The first-order valence-electron chi connectivity index (χ1n) is 9.24. The van der Waals surface area contributed by atoms with Gasteiger partial charge in [0.25, 0.3) is 0 Å². The molecule has 5 heteroatoms. The number of rotatable bonds is 6. The minimum atomic E-state index is -0.334. The van der Waals surface area contributed by atoms with Crippen molar-refractivity contribution < 1.29 is 9.53 Å². The van der Waals surface area contributed by atoms with E-state index in [-0.39, 0.29) is 12.0 Å². The molecule has 0 fully saturated rings. The van der Waals surface area contributed by atoms with Gasteiger partial charge in [-0.1, -0.05) is 44.2 Å². The summed E-state index contributed by atoms with van der Waals surface area (Å²) in [6.07, 6.45) is 0. The lowest BCUT2D eigenvalue weighted by molar-refractivity contribution is 0.0526. The molecule has 2 rings (SSSR count). The minimum absolute atomic E-state index is 0.0970. The number of anilines is 1. The Labute approximate surface area is 167 Å². The van der Waals surface area contributed by atoms with Crippen molar-refractivity contribution >= 4 is 29.0 Å². The van der Waals surface area contributed by atoms with Crippen molar-refractivity contribution in [3.05, 3.63) is 64.7 Å². The predicted molar refractivity (Wildman–Crippen MR) is 115 cm³/mol. The molecule has 0 aliphatic rings. The highest BCUT2D eigenvalue weighted by Gasteiger charge is 2.19. The van der Waals surface area contributed by atoms with Gasteiger partial charge in [-0.3, -0.25) is 0 Å². The zero-order chi connectivity index (χ0) is 20.0. The van der Waals surface area contributed by atoms with E-state index < -0.39 is 0 Å². The number of carbonyl (C=O) groups excluding carboxylic acids is 1. The molecular formula is C22H28N2O2S. The van der Waals surface area contributed by atoms with E-state index in [1.54, 1.807) is 19.1 Å². The third kappa shape index (κ3) is 5.54. The molecule has 0 aromatic heterocycles. The fourth-order valence-corrected chi connectivity index (χ4v) is 3.17. The van der Waals surface area contributed by atoms with Crippen molar-refractivity contribution in [1.29, 1.82) is 0 Å².